The van der Waals surface area contributed by atoms with Gasteiger partial charge in [-0.1, -0.05) is 0 Å². The number of nitrogens with zero attached hydrogens (tertiary/aromatic N) is 3. The number of hydrogen-bond donors (Lipinski definition) is 1. The summed E-state index contributed by atoms with van der Waals surface area (Å²) in [5.74, 6) is 0.629. The summed E-state index contributed by atoms with van der Waals surface area (Å²) in [6, 6.07) is 1.77. The minimum Gasteiger partial charge on any atom is -0.495 e. The van der Waals surface area contributed by atoms with Crippen LogP contribution in [0.2, 0.25) is 0 Å². The quantitative estimate of drug-likeness (QED) is 0.866. The van der Waals surface area contributed by atoms with Crippen LogP contribution in [-0.4, -0.2) is 26.8 Å². The molecule has 90 valence electrons. The number of methoxy groups -OCH3 is 1. The summed E-state index contributed by atoms with van der Waals surface area (Å²) < 4.78 is 6.98. The first-order chi connectivity index (χ1) is 8.26. The van der Waals surface area contributed by atoms with Gasteiger partial charge in [-0.2, -0.15) is 0 Å². The van der Waals surface area contributed by atoms with Gasteiger partial charge in [0.2, 0.25) is 0 Å². The molecule has 2 heterocycles. The Morgan fingerprint density at radius 1 is 1.35 bits per heavy atom. The van der Waals surface area contributed by atoms with Gasteiger partial charge >= 0.3 is 0 Å². The summed E-state index contributed by atoms with van der Waals surface area (Å²) in [6.07, 6.45) is 5.85. The molecule has 0 aromatic carbocycles. The number of imidazole rings is 1. The van der Waals surface area contributed by atoms with Crippen LogP contribution >= 0.6 is 0 Å². The molecule has 0 aliphatic carbocycles. The lowest BCUT2D eigenvalue weighted by Gasteiger charge is -2.13. The van der Waals surface area contributed by atoms with Gasteiger partial charge in [-0.25, -0.2) is 4.98 Å². The Hall–Kier alpha value is -1.88. The van der Waals surface area contributed by atoms with Gasteiger partial charge in [0.25, 0.3) is 0 Å². The minimum absolute atomic E-state index is 0.629. The van der Waals surface area contributed by atoms with E-state index in [1.54, 1.807) is 38.1 Å². The Labute approximate surface area is 99.7 Å². The van der Waals surface area contributed by atoms with Crippen LogP contribution in [-0.2, 0) is 6.54 Å². The van der Waals surface area contributed by atoms with E-state index in [0.717, 1.165) is 12.2 Å². The lowest BCUT2D eigenvalue weighted by Crippen LogP contribution is -2.07. The van der Waals surface area contributed by atoms with Crippen LogP contribution in [0.15, 0.2) is 31.0 Å². The van der Waals surface area contributed by atoms with Gasteiger partial charge < -0.3 is 14.4 Å². The third-order valence-electron chi connectivity index (χ3n) is 2.65. The SMILES string of the molecule is CCn1cncc1C(O)c1cncc(OC)c1. The third kappa shape index (κ3) is 2.29. The summed E-state index contributed by atoms with van der Waals surface area (Å²) >= 11 is 0. The maximum absolute atomic E-state index is 10.3. The number of aliphatic hydroxyl groups excluding tert-OH is 1. The summed E-state index contributed by atoms with van der Waals surface area (Å²) in [4.78, 5) is 8.06. The first-order valence-corrected chi connectivity index (χ1v) is 5.43. The second-order valence-electron chi connectivity index (χ2n) is 3.67. The first kappa shape index (κ1) is 11.6. The Morgan fingerprint density at radius 3 is 2.88 bits per heavy atom. The van der Waals surface area contributed by atoms with E-state index in [0.29, 0.717) is 11.3 Å². The van der Waals surface area contributed by atoms with E-state index in [1.807, 2.05) is 11.5 Å². The number of hydrogen-bond acceptors (Lipinski definition) is 4. The molecule has 1 atom stereocenters. The molecule has 0 radical (unpaired) electrons. The number of pyridine rings is 1. The van der Waals surface area contributed by atoms with Crippen molar-refractivity contribution in [1.29, 1.82) is 0 Å². The van der Waals surface area contributed by atoms with Crippen molar-refractivity contribution in [2.45, 2.75) is 19.6 Å². The van der Waals surface area contributed by atoms with Crippen LogP contribution in [0.3, 0.4) is 0 Å². The number of aliphatic hydroxyl groups is 1. The highest BCUT2D eigenvalue weighted by atomic mass is 16.5. The molecule has 0 aliphatic heterocycles. The van der Waals surface area contributed by atoms with Gasteiger partial charge in [0.15, 0.2) is 0 Å². The molecule has 0 spiro atoms. The van der Waals surface area contributed by atoms with Crippen LogP contribution in [0.1, 0.15) is 24.3 Å². The predicted octanol–water partition coefficient (Wildman–Crippen LogP) is 1.39. The van der Waals surface area contributed by atoms with Gasteiger partial charge in [0.05, 0.1) is 31.5 Å². The van der Waals surface area contributed by atoms with E-state index in [1.165, 1.54) is 0 Å². The molecular weight excluding hydrogens is 218 g/mol. The highest BCUT2D eigenvalue weighted by Gasteiger charge is 2.15. The fourth-order valence-corrected chi connectivity index (χ4v) is 1.69. The van der Waals surface area contributed by atoms with E-state index in [2.05, 4.69) is 9.97 Å². The van der Waals surface area contributed by atoms with Crippen molar-refractivity contribution in [3.05, 3.63) is 42.2 Å². The average molecular weight is 233 g/mol. The highest BCUT2D eigenvalue weighted by Crippen LogP contribution is 2.23. The van der Waals surface area contributed by atoms with E-state index in [4.69, 9.17) is 4.74 Å². The van der Waals surface area contributed by atoms with Crippen LogP contribution in [0, 0.1) is 0 Å². The summed E-state index contributed by atoms with van der Waals surface area (Å²) in [6.45, 7) is 2.77. The molecule has 0 bridgehead atoms. The molecule has 0 fully saturated rings. The molecule has 1 N–H and O–H groups in total. The number of aryl methyl sites for hydroxylation is 1. The van der Waals surface area contributed by atoms with Crippen molar-refractivity contribution in [1.82, 2.24) is 14.5 Å². The Kier molecular flexibility index (Phi) is 3.39. The number of aromatic nitrogens is 3. The fourth-order valence-electron chi connectivity index (χ4n) is 1.69. The fraction of sp³-hybridized carbons (Fsp3) is 0.333. The van der Waals surface area contributed by atoms with Crippen molar-refractivity contribution in [2.75, 3.05) is 7.11 Å². The normalized spacial score (nSPS) is 12.4. The summed E-state index contributed by atoms with van der Waals surface area (Å²) in [5, 5.41) is 10.3. The topological polar surface area (TPSA) is 60.2 Å². The van der Waals surface area contributed by atoms with Gasteiger partial charge in [-0.3, -0.25) is 4.98 Å². The Balaban J connectivity index is 2.33. The molecule has 0 saturated carbocycles. The van der Waals surface area contributed by atoms with Crippen molar-refractivity contribution < 1.29 is 9.84 Å². The first-order valence-electron chi connectivity index (χ1n) is 5.43. The standard InChI is InChI=1S/C12H15N3O2/c1-3-15-8-14-7-11(15)12(16)9-4-10(17-2)6-13-5-9/h4-8,12,16H,3H2,1-2H3. The molecule has 5 heteroatoms. The third-order valence-corrected chi connectivity index (χ3v) is 2.65. The van der Waals surface area contributed by atoms with Crippen molar-refractivity contribution in [3.63, 3.8) is 0 Å². The minimum atomic E-state index is -0.736. The summed E-state index contributed by atoms with van der Waals surface area (Å²) in [5.41, 5.74) is 1.45. The molecule has 0 amide bonds. The van der Waals surface area contributed by atoms with Crippen molar-refractivity contribution in [2.24, 2.45) is 0 Å². The van der Waals surface area contributed by atoms with E-state index >= 15 is 0 Å². The molecule has 0 aliphatic rings. The Morgan fingerprint density at radius 2 is 2.18 bits per heavy atom. The molecule has 2 aromatic heterocycles. The molecule has 17 heavy (non-hydrogen) atoms. The maximum Gasteiger partial charge on any atom is 0.137 e. The highest BCUT2D eigenvalue weighted by molar-refractivity contribution is 5.29. The second kappa shape index (κ2) is 4.97. The largest absolute Gasteiger partial charge is 0.495 e. The molecule has 5 nitrogen and oxygen atoms in total. The van der Waals surface area contributed by atoms with Gasteiger partial charge in [0, 0.05) is 18.3 Å². The van der Waals surface area contributed by atoms with Gasteiger partial charge in [-0.05, 0) is 13.0 Å². The zero-order valence-corrected chi connectivity index (χ0v) is 9.87. The van der Waals surface area contributed by atoms with E-state index < -0.39 is 6.10 Å². The second-order valence-corrected chi connectivity index (χ2v) is 3.67. The zero-order chi connectivity index (χ0) is 12.3. The number of ether oxygens (including phenoxy) is 1. The molecule has 1 unspecified atom stereocenters. The van der Waals surface area contributed by atoms with E-state index in [-0.39, 0.29) is 0 Å². The van der Waals surface area contributed by atoms with Crippen LogP contribution in [0.5, 0.6) is 5.75 Å². The lowest BCUT2D eigenvalue weighted by atomic mass is 10.1. The van der Waals surface area contributed by atoms with Crippen molar-refractivity contribution in [3.8, 4) is 5.75 Å². The zero-order valence-electron chi connectivity index (χ0n) is 9.87. The van der Waals surface area contributed by atoms with E-state index in [9.17, 15) is 5.11 Å². The Bertz CT molecular complexity index is 496. The molecular formula is C12H15N3O2. The lowest BCUT2D eigenvalue weighted by molar-refractivity contribution is 0.209. The van der Waals surface area contributed by atoms with Crippen LogP contribution in [0.4, 0.5) is 0 Å². The molecule has 2 aromatic rings. The van der Waals surface area contributed by atoms with Crippen LogP contribution < -0.4 is 4.74 Å². The maximum atomic E-state index is 10.3. The van der Waals surface area contributed by atoms with Crippen molar-refractivity contribution >= 4 is 0 Å². The molecule has 2 rings (SSSR count). The summed E-state index contributed by atoms with van der Waals surface area (Å²) in [7, 11) is 1.57. The van der Waals surface area contributed by atoms with Crippen LogP contribution in [0.25, 0.3) is 0 Å². The average Bonchev–Trinajstić information content (AvgIpc) is 2.86. The van der Waals surface area contributed by atoms with Gasteiger partial charge in [-0.15, -0.1) is 0 Å². The predicted molar refractivity (Wildman–Crippen MR) is 62.8 cm³/mol. The van der Waals surface area contributed by atoms with Gasteiger partial charge in [0.1, 0.15) is 11.9 Å². The smallest absolute Gasteiger partial charge is 0.137 e. The molecule has 0 saturated heterocycles. The number of rotatable bonds is 4. The monoisotopic (exact) mass is 233 g/mol.